The van der Waals surface area contributed by atoms with Gasteiger partial charge in [0.05, 0.1) is 4.90 Å². The first-order valence-electron chi connectivity index (χ1n) is 10.4. The minimum absolute atomic E-state index is 0.132. The van der Waals surface area contributed by atoms with Gasteiger partial charge in [-0.25, -0.2) is 8.42 Å². The molecule has 2 aromatic rings. The topological polar surface area (TPSA) is 84.5 Å². The van der Waals surface area contributed by atoms with Crippen LogP contribution in [-0.4, -0.2) is 26.5 Å². The van der Waals surface area contributed by atoms with E-state index >= 15 is 0 Å². The zero-order valence-electron chi connectivity index (χ0n) is 17.8. The molecule has 2 aromatic carbocycles. The molecule has 0 aromatic heterocycles. The van der Waals surface area contributed by atoms with Crippen LogP contribution >= 0.6 is 0 Å². The van der Waals surface area contributed by atoms with Gasteiger partial charge in [-0.05, 0) is 81.1 Å². The Labute approximate surface area is 179 Å². The smallest absolute Gasteiger partial charge is 0.261 e. The van der Waals surface area contributed by atoms with E-state index in [9.17, 15) is 13.2 Å². The summed E-state index contributed by atoms with van der Waals surface area (Å²) < 4.78 is 33.6. The van der Waals surface area contributed by atoms with Gasteiger partial charge >= 0.3 is 0 Å². The van der Waals surface area contributed by atoms with Crippen LogP contribution in [0.1, 0.15) is 50.2 Å². The van der Waals surface area contributed by atoms with Crippen LogP contribution in [0.5, 0.6) is 5.75 Å². The second-order valence-electron chi connectivity index (χ2n) is 7.98. The molecular weight excluding hydrogens is 400 g/mol. The molecule has 0 radical (unpaired) electrons. The van der Waals surface area contributed by atoms with Gasteiger partial charge in [-0.15, -0.1) is 0 Å². The molecule has 0 unspecified atom stereocenters. The summed E-state index contributed by atoms with van der Waals surface area (Å²) >= 11 is 0. The average molecular weight is 431 g/mol. The second kappa shape index (κ2) is 9.51. The summed E-state index contributed by atoms with van der Waals surface area (Å²) in [6, 6.07) is 11.7. The molecule has 0 aliphatic heterocycles. The van der Waals surface area contributed by atoms with Crippen LogP contribution in [0.3, 0.4) is 0 Å². The Morgan fingerprint density at radius 2 is 1.67 bits per heavy atom. The van der Waals surface area contributed by atoms with Gasteiger partial charge in [-0.3, -0.25) is 9.52 Å². The molecule has 6 nitrogen and oxygen atoms in total. The standard InChI is InChI=1S/C23H30N2O4S/c1-16-9-10-20(15-17(16)2)25-30(27,28)22-13-11-21(12-14-22)29-18(3)23(26)24-19-7-5-4-6-8-19/h9-15,18-19,25H,4-8H2,1-3H3,(H,24,26)/t18-/m1/s1. The predicted molar refractivity (Wildman–Crippen MR) is 118 cm³/mol. The quantitative estimate of drug-likeness (QED) is 0.685. The lowest BCUT2D eigenvalue weighted by atomic mass is 9.95. The molecule has 0 bridgehead atoms. The highest BCUT2D eigenvalue weighted by molar-refractivity contribution is 7.92. The molecule has 1 aliphatic carbocycles. The van der Waals surface area contributed by atoms with E-state index < -0.39 is 16.1 Å². The molecule has 162 valence electrons. The number of nitrogens with one attached hydrogen (secondary N) is 2. The molecular formula is C23H30N2O4S. The van der Waals surface area contributed by atoms with Crippen molar-refractivity contribution in [2.45, 2.75) is 69.9 Å². The monoisotopic (exact) mass is 430 g/mol. The molecule has 0 spiro atoms. The number of benzene rings is 2. The Hall–Kier alpha value is -2.54. The molecule has 7 heteroatoms. The lowest BCUT2D eigenvalue weighted by Gasteiger charge is -2.24. The zero-order chi connectivity index (χ0) is 21.7. The van der Waals surface area contributed by atoms with Crippen molar-refractivity contribution < 1.29 is 17.9 Å². The maximum absolute atomic E-state index is 12.6. The van der Waals surface area contributed by atoms with Crippen molar-refractivity contribution in [2.75, 3.05) is 4.72 Å². The zero-order valence-corrected chi connectivity index (χ0v) is 18.6. The van der Waals surface area contributed by atoms with Crippen molar-refractivity contribution in [1.29, 1.82) is 0 Å². The molecule has 1 fully saturated rings. The van der Waals surface area contributed by atoms with Gasteiger partial charge in [0, 0.05) is 11.7 Å². The van der Waals surface area contributed by atoms with Gasteiger partial charge in [-0.2, -0.15) is 0 Å². The Bertz CT molecular complexity index is 981. The molecule has 2 N–H and O–H groups in total. The number of carbonyl (C=O) groups is 1. The second-order valence-corrected chi connectivity index (χ2v) is 9.66. The lowest BCUT2D eigenvalue weighted by Crippen LogP contribution is -2.43. The van der Waals surface area contributed by atoms with Gasteiger partial charge in [0.1, 0.15) is 5.75 Å². The van der Waals surface area contributed by atoms with Crippen LogP contribution in [0.15, 0.2) is 47.4 Å². The van der Waals surface area contributed by atoms with E-state index in [0.717, 1.165) is 36.8 Å². The van der Waals surface area contributed by atoms with Gasteiger partial charge in [0.2, 0.25) is 0 Å². The third-order valence-electron chi connectivity index (χ3n) is 5.53. The van der Waals surface area contributed by atoms with E-state index in [0.29, 0.717) is 11.4 Å². The van der Waals surface area contributed by atoms with Gasteiger partial charge < -0.3 is 10.1 Å². The Balaban J connectivity index is 1.60. The Kier molecular flexibility index (Phi) is 7.02. The Morgan fingerprint density at radius 3 is 2.30 bits per heavy atom. The van der Waals surface area contributed by atoms with E-state index in [1.807, 2.05) is 19.9 Å². The number of anilines is 1. The maximum Gasteiger partial charge on any atom is 0.261 e. The molecule has 30 heavy (non-hydrogen) atoms. The fourth-order valence-electron chi connectivity index (χ4n) is 3.54. The minimum atomic E-state index is -3.71. The lowest BCUT2D eigenvalue weighted by molar-refractivity contribution is -0.128. The number of amides is 1. The number of aryl methyl sites for hydroxylation is 2. The fourth-order valence-corrected chi connectivity index (χ4v) is 4.59. The molecule has 0 heterocycles. The first-order valence-corrected chi connectivity index (χ1v) is 11.9. The van der Waals surface area contributed by atoms with Crippen molar-refractivity contribution in [3.63, 3.8) is 0 Å². The third-order valence-corrected chi connectivity index (χ3v) is 6.92. The largest absolute Gasteiger partial charge is 0.481 e. The number of ether oxygens (including phenoxy) is 1. The SMILES string of the molecule is Cc1ccc(NS(=O)(=O)c2ccc(O[C@H](C)C(=O)NC3CCCCC3)cc2)cc1C. The van der Waals surface area contributed by atoms with Gasteiger partial charge in [-0.1, -0.05) is 25.3 Å². The summed E-state index contributed by atoms with van der Waals surface area (Å²) in [5.74, 6) is 0.307. The normalized spacial score (nSPS) is 16.0. The summed E-state index contributed by atoms with van der Waals surface area (Å²) in [6.45, 7) is 5.61. The average Bonchev–Trinajstić information content (AvgIpc) is 2.71. The van der Waals surface area contributed by atoms with Crippen LogP contribution in [0.25, 0.3) is 0 Å². The molecule has 1 aliphatic rings. The summed E-state index contributed by atoms with van der Waals surface area (Å²) in [5, 5.41) is 3.04. The molecule has 1 amide bonds. The summed E-state index contributed by atoms with van der Waals surface area (Å²) in [7, 11) is -3.71. The summed E-state index contributed by atoms with van der Waals surface area (Å²) in [6.07, 6.45) is 4.89. The van der Waals surface area contributed by atoms with E-state index in [1.165, 1.54) is 18.6 Å². The molecule has 0 saturated heterocycles. The Morgan fingerprint density at radius 1 is 1.00 bits per heavy atom. The molecule has 1 atom stereocenters. The highest BCUT2D eigenvalue weighted by Crippen LogP contribution is 2.22. The van der Waals surface area contributed by atoms with Crippen molar-refractivity contribution in [2.24, 2.45) is 0 Å². The number of hydrogen-bond acceptors (Lipinski definition) is 4. The van der Waals surface area contributed by atoms with Crippen molar-refractivity contribution >= 4 is 21.6 Å². The van der Waals surface area contributed by atoms with Crippen LogP contribution in [-0.2, 0) is 14.8 Å². The van der Waals surface area contributed by atoms with Gasteiger partial charge in [0.15, 0.2) is 6.10 Å². The van der Waals surface area contributed by atoms with Crippen LogP contribution in [0.2, 0.25) is 0 Å². The van der Waals surface area contributed by atoms with Crippen LogP contribution in [0, 0.1) is 13.8 Å². The van der Waals surface area contributed by atoms with Gasteiger partial charge in [0.25, 0.3) is 15.9 Å². The van der Waals surface area contributed by atoms with E-state index in [1.54, 1.807) is 31.2 Å². The van der Waals surface area contributed by atoms with E-state index in [-0.39, 0.29) is 16.8 Å². The first kappa shape index (κ1) is 22.2. The van der Waals surface area contributed by atoms with Crippen molar-refractivity contribution in [3.05, 3.63) is 53.6 Å². The fraction of sp³-hybridized carbons (Fsp3) is 0.435. The number of carbonyl (C=O) groups excluding carboxylic acids is 1. The highest BCUT2D eigenvalue weighted by atomic mass is 32.2. The van der Waals surface area contributed by atoms with E-state index in [2.05, 4.69) is 10.0 Å². The number of rotatable bonds is 7. The van der Waals surface area contributed by atoms with Crippen LogP contribution in [0.4, 0.5) is 5.69 Å². The van der Waals surface area contributed by atoms with Crippen molar-refractivity contribution in [3.8, 4) is 5.75 Å². The predicted octanol–water partition coefficient (Wildman–Crippen LogP) is 4.32. The first-order chi connectivity index (χ1) is 14.2. The van der Waals surface area contributed by atoms with E-state index in [4.69, 9.17) is 4.74 Å². The highest BCUT2D eigenvalue weighted by Gasteiger charge is 2.21. The minimum Gasteiger partial charge on any atom is -0.481 e. The number of sulfonamides is 1. The van der Waals surface area contributed by atoms with Crippen LogP contribution < -0.4 is 14.8 Å². The summed E-state index contributed by atoms with van der Waals surface area (Å²) in [5.41, 5.74) is 2.63. The summed E-state index contributed by atoms with van der Waals surface area (Å²) in [4.78, 5) is 12.5. The van der Waals surface area contributed by atoms with Crippen molar-refractivity contribution in [1.82, 2.24) is 5.32 Å². The maximum atomic E-state index is 12.6. The molecule has 3 rings (SSSR count). The number of hydrogen-bond donors (Lipinski definition) is 2. The third kappa shape index (κ3) is 5.75. The molecule has 1 saturated carbocycles.